The molecule has 0 atom stereocenters. The topological polar surface area (TPSA) is 38.4 Å². The quantitative estimate of drug-likeness (QED) is 0.218. The molecule has 8 heteroatoms. The van der Waals surface area contributed by atoms with E-state index in [0.29, 0.717) is 10.0 Å². The lowest BCUT2D eigenvalue weighted by atomic mass is 10.2. The number of isothiocyanates is 1. The summed E-state index contributed by atoms with van der Waals surface area (Å²) in [5, 5.41) is 3.66. The van der Waals surface area contributed by atoms with Crippen LogP contribution in [0.2, 0.25) is 10.0 Å². The van der Waals surface area contributed by atoms with Gasteiger partial charge in [0.15, 0.2) is 3.78 Å². The van der Waals surface area contributed by atoms with Crippen molar-refractivity contribution in [3.63, 3.8) is 0 Å². The smallest absolute Gasteiger partial charge is 0.169 e. The van der Waals surface area contributed by atoms with E-state index in [-0.39, 0.29) is 3.78 Å². The largest absolute Gasteiger partial charge is 0.398 e. The van der Waals surface area contributed by atoms with Crippen molar-refractivity contribution in [3.8, 4) is 0 Å². The van der Waals surface area contributed by atoms with E-state index >= 15 is 0 Å². The molecule has 2 aromatic rings. The van der Waals surface area contributed by atoms with Crippen molar-refractivity contribution in [1.29, 1.82) is 0 Å². The number of aryl methyl sites for hydroxylation is 2. The normalized spacial score (nSPS) is 8.75. The molecule has 128 valence electrons. The Kier molecular flexibility index (Phi) is 12.3. The number of anilines is 1. The summed E-state index contributed by atoms with van der Waals surface area (Å²) in [6, 6.07) is 10.9. The lowest BCUT2D eigenvalue weighted by molar-refractivity contribution is 1.41. The fourth-order valence-electron chi connectivity index (χ4n) is 1.36. The van der Waals surface area contributed by atoms with Crippen LogP contribution in [0.3, 0.4) is 0 Å². The molecule has 0 unspecified atom stereocenters. The number of nitrogens with two attached hydrogens (primary N) is 1. The van der Waals surface area contributed by atoms with E-state index in [1.165, 1.54) is 0 Å². The van der Waals surface area contributed by atoms with Gasteiger partial charge in [-0.1, -0.05) is 70.8 Å². The Hall–Kier alpha value is -0.710. The molecule has 2 N–H and O–H groups in total. The summed E-state index contributed by atoms with van der Waals surface area (Å²) in [4.78, 5) is 3.85. The molecule has 0 radical (unpaired) electrons. The lowest BCUT2D eigenvalue weighted by Gasteiger charge is -1.97. The fourth-order valence-corrected chi connectivity index (χ4v) is 1.81. The predicted molar refractivity (Wildman–Crippen MR) is 116 cm³/mol. The first-order valence-electron chi connectivity index (χ1n) is 6.38. The lowest BCUT2D eigenvalue weighted by Crippen LogP contribution is -1.87. The third kappa shape index (κ3) is 11.0. The van der Waals surface area contributed by atoms with Crippen LogP contribution in [0, 0.1) is 13.8 Å². The van der Waals surface area contributed by atoms with Gasteiger partial charge in [-0.2, -0.15) is 4.99 Å². The molecule has 0 heterocycles. The second kappa shape index (κ2) is 12.6. The van der Waals surface area contributed by atoms with Crippen molar-refractivity contribution >= 4 is 91.2 Å². The summed E-state index contributed by atoms with van der Waals surface area (Å²) in [7, 11) is 0. The highest BCUT2D eigenvalue weighted by atomic mass is 35.5. The fraction of sp³-hybridized carbons (Fsp3) is 0.125. The Bertz CT molecular complexity index is 741. The van der Waals surface area contributed by atoms with Gasteiger partial charge in [-0.25, -0.2) is 0 Å². The summed E-state index contributed by atoms with van der Waals surface area (Å²) in [6.45, 7) is 3.90. The Morgan fingerprint density at radius 1 is 1.00 bits per heavy atom. The zero-order valence-corrected chi connectivity index (χ0v) is 17.5. The first-order chi connectivity index (χ1) is 11.2. The van der Waals surface area contributed by atoms with Gasteiger partial charge in [0.2, 0.25) is 0 Å². The summed E-state index contributed by atoms with van der Waals surface area (Å²) >= 11 is 29.5. The van der Waals surface area contributed by atoms with Crippen molar-refractivity contribution < 1.29 is 0 Å². The number of nitrogens with zero attached hydrogens (tertiary/aromatic N) is 1. The molecule has 0 aromatic heterocycles. The van der Waals surface area contributed by atoms with Crippen LogP contribution in [-0.4, -0.2) is 8.94 Å². The Labute approximate surface area is 172 Å². The average molecular weight is 440 g/mol. The molecule has 0 spiro atoms. The van der Waals surface area contributed by atoms with Crippen molar-refractivity contribution in [2.24, 2.45) is 4.99 Å². The minimum atomic E-state index is -0.0556. The van der Waals surface area contributed by atoms with Crippen LogP contribution in [-0.2, 0) is 0 Å². The standard InChI is InChI=1S/C8H6ClNS.C7H8ClN.CCl2S/c1-6-2-3-7(9)4-8(6)10-5-11;1-5-2-3-6(8)4-7(5)9;2-1(3)4/h2-4H,1H3;2-4H,9H2,1H3;. The Morgan fingerprint density at radius 3 is 1.88 bits per heavy atom. The van der Waals surface area contributed by atoms with Gasteiger partial charge in [0.05, 0.1) is 10.8 Å². The summed E-state index contributed by atoms with van der Waals surface area (Å²) in [5.74, 6) is 0. The van der Waals surface area contributed by atoms with Crippen molar-refractivity contribution in [1.82, 2.24) is 0 Å². The molecule has 0 aliphatic carbocycles. The van der Waals surface area contributed by atoms with Crippen LogP contribution >= 0.6 is 70.8 Å². The van der Waals surface area contributed by atoms with Crippen LogP contribution in [0.1, 0.15) is 11.1 Å². The molecular formula is C16H14Cl4N2S2. The van der Waals surface area contributed by atoms with E-state index in [1.54, 1.807) is 12.1 Å². The van der Waals surface area contributed by atoms with Crippen LogP contribution in [0.15, 0.2) is 41.4 Å². The number of hydrogen-bond donors (Lipinski definition) is 1. The highest BCUT2D eigenvalue weighted by Gasteiger charge is 1.95. The Morgan fingerprint density at radius 2 is 1.46 bits per heavy atom. The molecule has 0 saturated carbocycles. The zero-order chi connectivity index (χ0) is 18.7. The van der Waals surface area contributed by atoms with Gasteiger partial charge in [0.1, 0.15) is 0 Å². The van der Waals surface area contributed by atoms with Gasteiger partial charge < -0.3 is 5.73 Å². The minimum absolute atomic E-state index is 0.0556. The van der Waals surface area contributed by atoms with E-state index in [1.807, 2.05) is 38.1 Å². The van der Waals surface area contributed by atoms with E-state index in [9.17, 15) is 0 Å². The number of rotatable bonds is 1. The molecule has 2 rings (SSSR count). The first kappa shape index (κ1) is 23.3. The van der Waals surface area contributed by atoms with Gasteiger partial charge in [-0.05, 0) is 61.5 Å². The SMILES string of the molecule is Cc1ccc(Cl)cc1N.Cc1ccc(Cl)cc1N=C=S.S=C(Cl)Cl. The summed E-state index contributed by atoms with van der Waals surface area (Å²) in [6.07, 6.45) is 0. The molecule has 0 aliphatic heterocycles. The summed E-state index contributed by atoms with van der Waals surface area (Å²) in [5.41, 5.74) is 9.19. The van der Waals surface area contributed by atoms with Gasteiger partial charge in [-0.15, -0.1) is 0 Å². The predicted octanol–water partition coefficient (Wildman–Crippen LogP) is 7.36. The van der Waals surface area contributed by atoms with E-state index in [0.717, 1.165) is 22.5 Å². The van der Waals surface area contributed by atoms with E-state index < -0.39 is 0 Å². The second-order valence-electron chi connectivity index (χ2n) is 4.36. The maximum atomic E-state index is 5.73. The monoisotopic (exact) mass is 438 g/mol. The van der Waals surface area contributed by atoms with Crippen LogP contribution in [0.5, 0.6) is 0 Å². The molecule has 2 nitrogen and oxygen atoms in total. The maximum Gasteiger partial charge on any atom is 0.169 e. The van der Waals surface area contributed by atoms with Gasteiger partial charge >= 0.3 is 0 Å². The number of benzene rings is 2. The number of halogens is 4. The molecule has 0 amide bonds. The molecule has 0 bridgehead atoms. The molecule has 24 heavy (non-hydrogen) atoms. The van der Waals surface area contributed by atoms with Crippen molar-refractivity contribution in [2.45, 2.75) is 13.8 Å². The van der Waals surface area contributed by atoms with Crippen molar-refractivity contribution in [2.75, 3.05) is 5.73 Å². The number of aliphatic imine (C=N–C) groups is 1. The molecule has 0 saturated heterocycles. The van der Waals surface area contributed by atoms with Gasteiger partial charge in [0.25, 0.3) is 0 Å². The first-order valence-corrected chi connectivity index (χ1v) is 8.70. The van der Waals surface area contributed by atoms with Crippen LogP contribution in [0.25, 0.3) is 0 Å². The maximum absolute atomic E-state index is 5.73. The molecule has 0 fully saturated rings. The van der Waals surface area contributed by atoms with Crippen LogP contribution in [0.4, 0.5) is 11.4 Å². The number of hydrogen-bond acceptors (Lipinski definition) is 4. The van der Waals surface area contributed by atoms with Crippen LogP contribution < -0.4 is 5.73 Å². The third-order valence-electron chi connectivity index (χ3n) is 2.58. The van der Waals surface area contributed by atoms with Crippen molar-refractivity contribution in [3.05, 3.63) is 57.6 Å². The average Bonchev–Trinajstić information content (AvgIpc) is 2.48. The van der Waals surface area contributed by atoms with Gasteiger partial charge in [-0.3, -0.25) is 0 Å². The highest BCUT2D eigenvalue weighted by molar-refractivity contribution is 7.86. The molecule has 0 aliphatic rings. The number of thiocarbonyl (C=S) groups is 2. The molecule has 2 aromatic carbocycles. The number of nitrogen functional groups attached to an aromatic ring is 1. The summed E-state index contributed by atoms with van der Waals surface area (Å²) < 4.78 is -0.0556. The Balaban J connectivity index is 0.000000367. The third-order valence-corrected chi connectivity index (χ3v) is 3.14. The highest BCUT2D eigenvalue weighted by Crippen LogP contribution is 2.22. The van der Waals surface area contributed by atoms with Gasteiger partial charge in [0, 0.05) is 15.7 Å². The van der Waals surface area contributed by atoms with E-state index in [4.69, 9.17) is 52.1 Å². The van der Waals surface area contributed by atoms with E-state index in [2.05, 4.69) is 34.6 Å². The zero-order valence-electron chi connectivity index (χ0n) is 12.8. The minimum Gasteiger partial charge on any atom is -0.398 e. The molecular weight excluding hydrogens is 426 g/mol. The second-order valence-corrected chi connectivity index (χ2v) is 7.22.